The van der Waals surface area contributed by atoms with Gasteiger partial charge < -0.3 is 4.90 Å². The van der Waals surface area contributed by atoms with Crippen molar-refractivity contribution in [1.29, 1.82) is 0 Å². The van der Waals surface area contributed by atoms with Crippen molar-refractivity contribution >= 4 is 17.2 Å². The van der Waals surface area contributed by atoms with Crippen molar-refractivity contribution in [2.24, 2.45) is 5.92 Å². The van der Waals surface area contributed by atoms with Crippen LogP contribution in [0.1, 0.15) is 30.6 Å². The lowest BCUT2D eigenvalue weighted by molar-refractivity contribution is -0.138. The number of thiazole rings is 1. The Balaban J connectivity index is 1.58. The van der Waals surface area contributed by atoms with Gasteiger partial charge in [0.05, 0.1) is 10.7 Å². The summed E-state index contributed by atoms with van der Waals surface area (Å²) in [6.07, 6.45) is 3.11. The lowest BCUT2D eigenvalue weighted by Gasteiger charge is -2.36. The van der Waals surface area contributed by atoms with Crippen LogP contribution < -0.4 is 0 Å². The van der Waals surface area contributed by atoms with Crippen LogP contribution in [0.4, 0.5) is 0 Å². The molecule has 0 radical (unpaired) electrons. The number of carbonyl (C=O) groups excluding carboxylic acids is 1. The number of rotatable bonds is 5. The first-order valence-electron chi connectivity index (χ1n) is 8.31. The monoisotopic (exact) mass is 348 g/mol. The van der Waals surface area contributed by atoms with Gasteiger partial charge in [-0.3, -0.25) is 9.69 Å². The molecule has 0 spiro atoms. The second-order valence-corrected chi connectivity index (χ2v) is 7.59. The van der Waals surface area contributed by atoms with E-state index in [1.807, 2.05) is 25.7 Å². The van der Waals surface area contributed by atoms with Crippen molar-refractivity contribution in [1.82, 2.24) is 29.5 Å². The zero-order valence-electron chi connectivity index (χ0n) is 14.4. The summed E-state index contributed by atoms with van der Waals surface area (Å²) < 4.78 is 1.68. The summed E-state index contributed by atoms with van der Waals surface area (Å²) in [6.45, 7) is 10.2. The highest BCUT2D eigenvalue weighted by Crippen LogP contribution is 2.21. The number of piperazine rings is 1. The molecular weight excluding hydrogens is 324 g/mol. The van der Waals surface area contributed by atoms with Crippen molar-refractivity contribution in [3.05, 3.63) is 28.7 Å². The molecule has 0 N–H and O–H groups in total. The van der Waals surface area contributed by atoms with Crippen molar-refractivity contribution < 1.29 is 4.79 Å². The van der Waals surface area contributed by atoms with Crippen molar-refractivity contribution in [3.8, 4) is 0 Å². The Morgan fingerprint density at radius 3 is 2.58 bits per heavy atom. The predicted molar refractivity (Wildman–Crippen MR) is 92.6 cm³/mol. The summed E-state index contributed by atoms with van der Waals surface area (Å²) in [6, 6.07) is -0.278. The van der Waals surface area contributed by atoms with Gasteiger partial charge in [0, 0.05) is 38.1 Å². The average Bonchev–Trinajstić information content (AvgIpc) is 3.20. The molecule has 8 heteroatoms. The van der Waals surface area contributed by atoms with Gasteiger partial charge in [-0.25, -0.2) is 14.6 Å². The molecule has 7 nitrogen and oxygen atoms in total. The molecule has 0 aromatic carbocycles. The normalized spacial score (nSPS) is 17.4. The fourth-order valence-corrected chi connectivity index (χ4v) is 3.69. The van der Waals surface area contributed by atoms with Gasteiger partial charge in [0.1, 0.15) is 18.7 Å². The highest BCUT2D eigenvalue weighted by atomic mass is 32.1. The number of carbonyl (C=O) groups is 1. The molecule has 1 aliphatic rings. The van der Waals surface area contributed by atoms with E-state index in [9.17, 15) is 4.79 Å². The quantitative estimate of drug-likeness (QED) is 0.821. The van der Waals surface area contributed by atoms with E-state index >= 15 is 0 Å². The molecule has 130 valence electrons. The van der Waals surface area contributed by atoms with Gasteiger partial charge >= 0.3 is 0 Å². The minimum absolute atomic E-state index is 0.139. The average molecular weight is 348 g/mol. The number of amides is 1. The molecule has 2 aromatic heterocycles. The lowest BCUT2D eigenvalue weighted by Crippen LogP contribution is -2.51. The second-order valence-electron chi connectivity index (χ2n) is 6.52. The van der Waals surface area contributed by atoms with Gasteiger partial charge in [0.2, 0.25) is 5.91 Å². The largest absolute Gasteiger partial charge is 0.338 e. The maximum atomic E-state index is 12.9. The van der Waals surface area contributed by atoms with E-state index in [-0.39, 0.29) is 17.9 Å². The molecule has 3 heterocycles. The van der Waals surface area contributed by atoms with Crippen LogP contribution in [-0.2, 0) is 11.3 Å². The third-order valence-corrected chi connectivity index (χ3v) is 5.16. The van der Waals surface area contributed by atoms with E-state index in [1.54, 1.807) is 22.3 Å². The first kappa shape index (κ1) is 17.0. The molecule has 1 aliphatic heterocycles. The highest BCUT2D eigenvalue weighted by molar-refractivity contribution is 7.09. The maximum absolute atomic E-state index is 12.9. The number of hydrogen-bond donors (Lipinski definition) is 0. The van der Waals surface area contributed by atoms with E-state index < -0.39 is 0 Å². The molecule has 1 saturated heterocycles. The van der Waals surface area contributed by atoms with Crippen LogP contribution in [0.15, 0.2) is 18.0 Å². The number of aryl methyl sites for hydroxylation is 1. The molecule has 24 heavy (non-hydrogen) atoms. The highest BCUT2D eigenvalue weighted by Gasteiger charge is 2.31. The number of aromatic nitrogens is 4. The zero-order chi connectivity index (χ0) is 17.1. The Hall–Kier alpha value is -1.80. The van der Waals surface area contributed by atoms with Crippen LogP contribution in [0.25, 0.3) is 0 Å². The van der Waals surface area contributed by atoms with Gasteiger partial charge in [-0.1, -0.05) is 13.8 Å². The van der Waals surface area contributed by atoms with Crippen LogP contribution in [0.3, 0.4) is 0 Å². The summed E-state index contributed by atoms with van der Waals surface area (Å²) in [5.41, 5.74) is 1.12. The summed E-state index contributed by atoms with van der Waals surface area (Å²) in [5, 5.41) is 7.39. The topological polar surface area (TPSA) is 67.2 Å². The smallest absolute Gasteiger partial charge is 0.247 e. The van der Waals surface area contributed by atoms with Gasteiger partial charge in [0.15, 0.2) is 0 Å². The third kappa shape index (κ3) is 3.81. The van der Waals surface area contributed by atoms with Crippen LogP contribution in [0, 0.1) is 12.8 Å². The first-order valence-corrected chi connectivity index (χ1v) is 9.19. The van der Waals surface area contributed by atoms with Gasteiger partial charge in [-0.05, 0) is 12.8 Å². The molecule has 2 aromatic rings. The van der Waals surface area contributed by atoms with Gasteiger partial charge in [0.25, 0.3) is 0 Å². The summed E-state index contributed by atoms with van der Waals surface area (Å²) in [5.74, 6) is 0.315. The van der Waals surface area contributed by atoms with Crippen molar-refractivity contribution in [2.45, 2.75) is 33.4 Å². The molecule has 0 aliphatic carbocycles. The summed E-state index contributed by atoms with van der Waals surface area (Å²) in [7, 11) is 0. The first-order chi connectivity index (χ1) is 11.5. The zero-order valence-corrected chi connectivity index (χ0v) is 15.2. The molecule has 0 bridgehead atoms. The summed E-state index contributed by atoms with van der Waals surface area (Å²) in [4.78, 5) is 25.7. The Morgan fingerprint density at radius 1 is 1.29 bits per heavy atom. The molecule has 1 amide bonds. The van der Waals surface area contributed by atoms with Gasteiger partial charge in [-0.2, -0.15) is 5.10 Å². The second kappa shape index (κ2) is 7.40. The van der Waals surface area contributed by atoms with E-state index in [0.717, 1.165) is 43.4 Å². The minimum atomic E-state index is -0.278. The van der Waals surface area contributed by atoms with Crippen LogP contribution in [0.2, 0.25) is 0 Å². The fourth-order valence-electron chi connectivity index (χ4n) is 3.09. The van der Waals surface area contributed by atoms with Crippen molar-refractivity contribution in [2.75, 3.05) is 26.2 Å². The predicted octanol–water partition coefficient (Wildman–Crippen LogP) is 1.58. The van der Waals surface area contributed by atoms with E-state index in [4.69, 9.17) is 0 Å². The van der Waals surface area contributed by atoms with Crippen LogP contribution >= 0.6 is 11.3 Å². The molecule has 3 rings (SSSR count). The summed E-state index contributed by atoms with van der Waals surface area (Å²) >= 11 is 1.69. The molecular formula is C16H24N6OS. The Labute approximate surface area is 146 Å². The Bertz CT molecular complexity index is 660. The lowest BCUT2D eigenvalue weighted by atomic mass is 10.0. The van der Waals surface area contributed by atoms with Crippen molar-refractivity contribution in [3.63, 3.8) is 0 Å². The van der Waals surface area contributed by atoms with Gasteiger partial charge in [-0.15, -0.1) is 11.3 Å². The molecule has 1 fully saturated rings. The minimum Gasteiger partial charge on any atom is -0.338 e. The fraction of sp³-hybridized carbons (Fsp3) is 0.625. The number of nitrogens with zero attached hydrogens (tertiary/aromatic N) is 6. The third-order valence-electron chi connectivity index (χ3n) is 4.34. The maximum Gasteiger partial charge on any atom is 0.247 e. The Morgan fingerprint density at radius 2 is 2.04 bits per heavy atom. The van der Waals surface area contributed by atoms with E-state index in [2.05, 4.69) is 25.3 Å². The van der Waals surface area contributed by atoms with Crippen LogP contribution in [-0.4, -0.2) is 61.6 Å². The van der Waals surface area contributed by atoms with Crippen LogP contribution in [0.5, 0.6) is 0 Å². The van der Waals surface area contributed by atoms with E-state index in [0.29, 0.717) is 0 Å². The SMILES string of the molecule is Cc1nc(CN2CCN(C(=O)[C@@H](C(C)C)n3cncn3)CC2)cs1. The number of hydrogen-bond acceptors (Lipinski definition) is 6. The molecule has 0 unspecified atom stereocenters. The Kier molecular flexibility index (Phi) is 5.25. The van der Waals surface area contributed by atoms with E-state index in [1.165, 1.54) is 6.33 Å². The molecule has 1 atom stereocenters. The standard InChI is InChI=1S/C16H24N6OS/c1-12(2)15(22-11-17-10-18-22)16(23)21-6-4-20(5-7-21)8-14-9-24-13(3)19-14/h9-12,15H,4-8H2,1-3H3/t15-/m1/s1. The molecule has 0 saturated carbocycles.